The van der Waals surface area contributed by atoms with Crippen molar-refractivity contribution in [3.63, 3.8) is 0 Å². The third-order valence-electron chi connectivity index (χ3n) is 3.32. The van der Waals surface area contributed by atoms with Crippen LogP contribution in [0.5, 0.6) is 5.75 Å². The smallest absolute Gasteiger partial charge is 0.133 e. The zero-order valence-electron chi connectivity index (χ0n) is 8.92. The van der Waals surface area contributed by atoms with Crippen LogP contribution in [0.2, 0.25) is 0 Å². The van der Waals surface area contributed by atoms with Crippen LogP contribution in [0, 0.1) is 13.1 Å². The molecule has 0 unspecified atom stereocenters. The number of aromatic hydroxyl groups is 1. The molecule has 0 aliphatic heterocycles. The normalized spacial score (nSPS) is 18.9. The third-order valence-corrected chi connectivity index (χ3v) is 4.77. The highest BCUT2D eigenvalue weighted by Gasteiger charge is 2.26. The molecule has 16 heavy (non-hydrogen) atoms. The lowest BCUT2D eigenvalue weighted by Crippen LogP contribution is -2.19. The Labute approximate surface area is 123 Å². The fourth-order valence-corrected chi connectivity index (χ4v) is 4.30. The van der Waals surface area contributed by atoms with Gasteiger partial charge < -0.3 is 10.8 Å². The molecule has 0 saturated heterocycles. The van der Waals surface area contributed by atoms with Crippen molar-refractivity contribution in [2.45, 2.75) is 31.7 Å². The molecule has 0 bridgehead atoms. The van der Waals surface area contributed by atoms with Gasteiger partial charge in [0.1, 0.15) is 5.75 Å². The number of halogens is 2. The van der Waals surface area contributed by atoms with E-state index in [1.54, 1.807) is 0 Å². The summed E-state index contributed by atoms with van der Waals surface area (Å²) in [6, 6.07) is 3.98. The fraction of sp³-hybridized carbons (Fsp3) is 0.500. The maximum absolute atomic E-state index is 10.1. The van der Waals surface area contributed by atoms with Gasteiger partial charge >= 0.3 is 0 Å². The summed E-state index contributed by atoms with van der Waals surface area (Å²) in [4.78, 5) is 0. The molecule has 0 heterocycles. The van der Waals surface area contributed by atoms with Crippen LogP contribution in [0.4, 0.5) is 0 Å². The van der Waals surface area contributed by atoms with E-state index in [0.717, 1.165) is 12.7 Å². The monoisotopic (exact) mass is 443 g/mol. The summed E-state index contributed by atoms with van der Waals surface area (Å²) in [5, 5.41) is 10.1. The summed E-state index contributed by atoms with van der Waals surface area (Å²) in [7, 11) is 0. The van der Waals surface area contributed by atoms with E-state index in [-0.39, 0.29) is 6.04 Å². The van der Waals surface area contributed by atoms with E-state index in [9.17, 15) is 5.11 Å². The van der Waals surface area contributed by atoms with Crippen LogP contribution in [-0.4, -0.2) is 5.11 Å². The standard InChI is InChI=1S/C12H15I2NO/c13-8-5-9(12(16)10(14)6-8)11(15)7-3-1-2-4-7/h5-7,11,16H,1-4,15H2/t11-/m0/s1. The summed E-state index contributed by atoms with van der Waals surface area (Å²) in [6.07, 6.45) is 4.95. The van der Waals surface area contributed by atoms with Crippen LogP contribution in [0.25, 0.3) is 0 Å². The van der Waals surface area contributed by atoms with E-state index in [2.05, 4.69) is 45.2 Å². The molecule has 1 aliphatic rings. The summed E-state index contributed by atoms with van der Waals surface area (Å²) in [5.41, 5.74) is 7.19. The second kappa shape index (κ2) is 5.39. The van der Waals surface area contributed by atoms with Crippen LogP contribution in [0.1, 0.15) is 37.3 Å². The first-order chi connectivity index (χ1) is 7.59. The minimum atomic E-state index is -0.00858. The van der Waals surface area contributed by atoms with Crippen molar-refractivity contribution in [3.8, 4) is 5.75 Å². The summed E-state index contributed by atoms with van der Waals surface area (Å²) in [6.45, 7) is 0. The first kappa shape index (κ1) is 12.9. The highest BCUT2D eigenvalue weighted by Crippen LogP contribution is 2.39. The Morgan fingerprint density at radius 2 is 1.88 bits per heavy atom. The fourth-order valence-electron chi connectivity index (χ4n) is 2.41. The Hall–Kier alpha value is 0.440. The quantitative estimate of drug-likeness (QED) is 0.684. The molecule has 1 saturated carbocycles. The Morgan fingerprint density at radius 3 is 2.50 bits per heavy atom. The molecule has 0 spiro atoms. The van der Waals surface area contributed by atoms with Gasteiger partial charge in [0, 0.05) is 15.2 Å². The predicted octanol–water partition coefficient (Wildman–Crippen LogP) is 3.79. The van der Waals surface area contributed by atoms with Gasteiger partial charge in [0.2, 0.25) is 0 Å². The lowest BCUT2D eigenvalue weighted by atomic mass is 9.92. The van der Waals surface area contributed by atoms with Crippen molar-refractivity contribution in [1.29, 1.82) is 0 Å². The van der Waals surface area contributed by atoms with Gasteiger partial charge in [-0.1, -0.05) is 12.8 Å². The second-order valence-corrected chi connectivity index (χ2v) is 6.80. The van der Waals surface area contributed by atoms with Gasteiger partial charge in [-0.3, -0.25) is 0 Å². The van der Waals surface area contributed by atoms with E-state index >= 15 is 0 Å². The lowest BCUT2D eigenvalue weighted by molar-refractivity contribution is 0.410. The predicted molar refractivity (Wildman–Crippen MR) is 82.4 cm³/mol. The SMILES string of the molecule is N[C@H](c1cc(I)cc(I)c1O)C1CCCC1. The van der Waals surface area contributed by atoms with Crippen molar-refractivity contribution in [3.05, 3.63) is 24.8 Å². The maximum Gasteiger partial charge on any atom is 0.133 e. The molecule has 1 aromatic carbocycles. The van der Waals surface area contributed by atoms with Crippen molar-refractivity contribution in [2.75, 3.05) is 0 Å². The van der Waals surface area contributed by atoms with Gasteiger partial charge in [-0.15, -0.1) is 0 Å². The largest absolute Gasteiger partial charge is 0.506 e. The van der Waals surface area contributed by atoms with E-state index in [1.165, 1.54) is 25.7 Å². The summed E-state index contributed by atoms with van der Waals surface area (Å²) < 4.78 is 2.04. The average molecular weight is 443 g/mol. The minimum absolute atomic E-state index is 0.00858. The van der Waals surface area contributed by atoms with E-state index in [4.69, 9.17) is 5.73 Å². The number of hydrogen-bond acceptors (Lipinski definition) is 2. The number of phenolic OH excluding ortho intramolecular Hbond substituents is 1. The van der Waals surface area contributed by atoms with Crippen molar-refractivity contribution in [1.82, 2.24) is 0 Å². The number of rotatable bonds is 2. The number of nitrogens with two attached hydrogens (primary N) is 1. The Balaban J connectivity index is 2.31. The number of benzene rings is 1. The number of hydrogen-bond donors (Lipinski definition) is 2. The van der Waals surface area contributed by atoms with Crippen LogP contribution >= 0.6 is 45.2 Å². The zero-order chi connectivity index (χ0) is 11.7. The maximum atomic E-state index is 10.1. The minimum Gasteiger partial charge on any atom is -0.506 e. The lowest BCUT2D eigenvalue weighted by Gasteiger charge is -2.21. The van der Waals surface area contributed by atoms with Gasteiger partial charge in [0.15, 0.2) is 0 Å². The molecule has 1 aliphatic carbocycles. The van der Waals surface area contributed by atoms with Crippen molar-refractivity contribution in [2.24, 2.45) is 11.7 Å². The highest BCUT2D eigenvalue weighted by molar-refractivity contribution is 14.1. The molecule has 1 aromatic rings. The molecule has 0 aromatic heterocycles. The molecule has 3 N–H and O–H groups in total. The molecule has 1 fully saturated rings. The van der Waals surface area contributed by atoms with Crippen molar-refractivity contribution < 1.29 is 5.11 Å². The third kappa shape index (κ3) is 2.64. The molecule has 2 rings (SSSR count). The molecule has 0 amide bonds. The Morgan fingerprint density at radius 1 is 1.25 bits per heavy atom. The summed E-state index contributed by atoms with van der Waals surface area (Å²) in [5.74, 6) is 0.917. The molecular weight excluding hydrogens is 428 g/mol. The molecule has 4 heteroatoms. The van der Waals surface area contributed by atoms with Gasteiger partial charge in [-0.25, -0.2) is 0 Å². The van der Waals surface area contributed by atoms with Gasteiger partial charge in [-0.05, 0) is 76.1 Å². The highest BCUT2D eigenvalue weighted by atomic mass is 127. The van der Waals surface area contributed by atoms with Gasteiger partial charge in [0.25, 0.3) is 0 Å². The Bertz CT molecular complexity index is 389. The zero-order valence-corrected chi connectivity index (χ0v) is 13.2. The first-order valence-corrected chi connectivity index (χ1v) is 7.69. The van der Waals surface area contributed by atoms with E-state index < -0.39 is 0 Å². The van der Waals surface area contributed by atoms with Crippen LogP contribution in [0.15, 0.2) is 12.1 Å². The Kier molecular flexibility index (Phi) is 4.34. The van der Waals surface area contributed by atoms with Crippen LogP contribution in [-0.2, 0) is 0 Å². The first-order valence-electron chi connectivity index (χ1n) is 5.53. The van der Waals surface area contributed by atoms with Gasteiger partial charge in [0.05, 0.1) is 3.57 Å². The molecule has 2 nitrogen and oxygen atoms in total. The topological polar surface area (TPSA) is 46.2 Å². The number of phenols is 1. The van der Waals surface area contributed by atoms with E-state index in [1.807, 2.05) is 12.1 Å². The molecule has 0 radical (unpaired) electrons. The average Bonchev–Trinajstić information content (AvgIpc) is 2.75. The van der Waals surface area contributed by atoms with Gasteiger partial charge in [-0.2, -0.15) is 0 Å². The molecular formula is C12H15I2NO. The van der Waals surface area contributed by atoms with Crippen LogP contribution in [0.3, 0.4) is 0 Å². The van der Waals surface area contributed by atoms with Crippen LogP contribution < -0.4 is 5.73 Å². The second-order valence-electron chi connectivity index (χ2n) is 4.40. The van der Waals surface area contributed by atoms with E-state index in [0.29, 0.717) is 11.7 Å². The molecule has 1 atom stereocenters. The molecule has 88 valence electrons. The summed E-state index contributed by atoms with van der Waals surface area (Å²) >= 11 is 4.43. The van der Waals surface area contributed by atoms with Crippen molar-refractivity contribution >= 4 is 45.2 Å².